The summed E-state index contributed by atoms with van der Waals surface area (Å²) in [5.41, 5.74) is 3.78. The summed E-state index contributed by atoms with van der Waals surface area (Å²) in [5, 5.41) is 22.3. The number of amides is 2. The molecule has 2 aromatic carbocycles. The van der Waals surface area contributed by atoms with Crippen LogP contribution in [0.4, 0.5) is 4.79 Å². The van der Waals surface area contributed by atoms with Gasteiger partial charge in [-0.3, -0.25) is 4.79 Å². The van der Waals surface area contributed by atoms with Crippen LogP contribution in [0, 0.1) is 0 Å². The van der Waals surface area contributed by atoms with Gasteiger partial charge >= 0.3 is 12.1 Å². The minimum atomic E-state index is -1.13. The van der Waals surface area contributed by atoms with E-state index in [1.165, 1.54) is 4.90 Å². The van der Waals surface area contributed by atoms with Crippen molar-refractivity contribution >= 4 is 18.0 Å². The van der Waals surface area contributed by atoms with Gasteiger partial charge in [0.1, 0.15) is 12.6 Å². The molecule has 8 nitrogen and oxygen atoms in total. The van der Waals surface area contributed by atoms with Crippen molar-refractivity contribution in [2.75, 3.05) is 13.2 Å². The lowest BCUT2D eigenvalue weighted by molar-refractivity contribution is -0.148. The Balaban J connectivity index is 1.25. The smallest absolute Gasteiger partial charge is 0.407 e. The molecule has 35 heavy (non-hydrogen) atoms. The summed E-state index contributed by atoms with van der Waals surface area (Å²) in [4.78, 5) is 38.7. The molecule has 2 amide bonds. The minimum Gasteiger partial charge on any atom is -0.480 e. The second-order valence-electron chi connectivity index (χ2n) is 9.90. The van der Waals surface area contributed by atoms with Gasteiger partial charge in [-0.2, -0.15) is 0 Å². The molecule has 2 aromatic rings. The van der Waals surface area contributed by atoms with Crippen molar-refractivity contribution in [2.24, 2.45) is 0 Å². The van der Waals surface area contributed by atoms with Crippen LogP contribution < -0.4 is 5.32 Å². The van der Waals surface area contributed by atoms with Gasteiger partial charge in [-0.25, -0.2) is 9.59 Å². The number of carboxylic acids is 1. The van der Waals surface area contributed by atoms with Gasteiger partial charge < -0.3 is 25.2 Å². The molecule has 0 spiro atoms. The number of carbonyl (C=O) groups is 3. The lowest BCUT2D eigenvalue weighted by Crippen LogP contribution is -2.51. The Kier molecular flexibility index (Phi) is 6.23. The summed E-state index contributed by atoms with van der Waals surface area (Å²) in [7, 11) is 0. The molecule has 1 saturated carbocycles. The molecule has 2 atom stereocenters. The van der Waals surface area contributed by atoms with Crippen LogP contribution in [-0.4, -0.2) is 63.9 Å². The third kappa shape index (κ3) is 4.50. The van der Waals surface area contributed by atoms with Gasteiger partial charge in [-0.05, 0) is 35.1 Å². The Bertz CT molecular complexity index is 1100. The third-order valence-corrected chi connectivity index (χ3v) is 7.65. The molecule has 2 aliphatic carbocycles. The maximum Gasteiger partial charge on any atom is 0.407 e. The van der Waals surface area contributed by atoms with Crippen molar-refractivity contribution in [3.63, 3.8) is 0 Å². The molecule has 2 unspecified atom stereocenters. The normalized spacial score (nSPS) is 22.5. The molecule has 0 radical (unpaired) electrons. The van der Waals surface area contributed by atoms with E-state index in [4.69, 9.17) is 4.74 Å². The lowest BCUT2D eigenvalue weighted by atomic mass is 9.92. The molecule has 0 aromatic heterocycles. The van der Waals surface area contributed by atoms with Gasteiger partial charge in [0.15, 0.2) is 0 Å². The van der Waals surface area contributed by atoms with Gasteiger partial charge in [-0.15, -0.1) is 0 Å². The number of carboxylic acid groups (broad SMARTS) is 1. The number of alkyl carbamates (subject to hydrolysis) is 1. The number of carbonyl (C=O) groups excluding carboxylic acids is 2. The highest BCUT2D eigenvalue weighted by atomic mass is 16.5. The molecule has 2 fully saturated rings. The van der Waals surface area contributed by atoms with Gasteiger partial charge in [0.05, 0.1) is 18.1 Å². The summed E-state index contributed by atoms with van der Waals surface area (Å²) in [6.07, 6.45) is 1.56. The lowest BCUT2D eigenvalue weighted by Gasteiger charge is -2.32. The first-order chi connectivity index (χ1) is 16.9. The summed E-state index contributed by atoms with van der Waals surface area (Å²) in [6, 6.07) is 15.2. The third-order valence-electron chi connectivity index (χ3n) is 7.65. The molecule has 3 aliphatic rings. The first-order valence-corrected chi connectivity index (χ1v) is 12.2. The minimum absolute atomic E-state index is 0.00315. The van der Waals surface area contributed by atoms with Crippen LogP contribution in [0.1, 0.15) is 55.6 Å². The van der Waals surface area contributed by atoms with Crippen molar-refractivity contribution in [2.45, 2.75) is 62.1 Å². The number of nitrogens with zero attached hydrogens (tertiary/aromatic N) is 1. The summed E-state index contributed by atoms with van der Waals surface area (Å²) < 4.78 is 5.70. The van der Waals surface area contributed by atoms with Crippen molar-refractivity contribution in [1.29, 1.82) is 0 Å². The van der Waals surface area contributed by atoms with Crippen molar-refractivity contribution < 1.29 is 29.3 Å². The summed E-state index contributed by atoms with van der Waals surface area (Å²) in [5.74, 6) is -1.55. The van der Waals surface area contributed by atoms with E-state index in [2.05, 4.69) is 29.6 Å². The Morgan fingerprint density at radius 2 is 1.60 bits per heavy atom. The van der Waals surface area contributed by atoms with Gasteiger partial charge in [0, 0.05) is 18.9 Å². The second kappa shape index (κ2) is 9.34. The molecule has 8 heteroatoms. The van der Waals surface area contributed by atoms with Crippen LogP contribution >= 0.6 is 0 Å². The fraction of sp³-hybridized carbons (Fsp3) is 0.444. The monoisotopic (exact) mass is 478 g/mol. The highest BCUT2D eigenvalue weighted by Crippen LogP contribution is 2.44. The molecule has 1 aliphatic heterocycles. The van der Waals surface area contributed by atoms with Gasteiger partial charge in [-0.1, -0.05) is 61.4 Å². The number of fused-ring (bicyclic) bond motifs is 3. The van der Waals surface area contributed by atoms with Crippen LogP contribution in [0.25, 0.3) is 11.1 Å². The number of aliphatic hydroxyl groups excluding tert-OH is 1. The zero-order valence-electron chi connectivity index (χ0n) is 19.5. The fourth-order valence-corrected chi connectivity index (χ4v) is 5.96. The molecule has 3 N–H and O–H groups in total. The number of hydrogen-bond acceptors (Lipinski definition) is 5. The highest BCUT2D eigenvalue weighted by Gasteiger charge is 2.44. The van der Waals surface area contributed by atoms with Crippen LogP contribution in [0.2, 0.25) is 0 Å². The Labute approximate surface area is 203 Å². The van der Waals surface area contributed by atoms with E-state index in [-0.39, 0.29) is 37.8 Å². The van der Waals surface area contributed by atoms with Gasteiger partial charge in [0.25, 0.3) is 0 Å². The van der Waals surface area contributed by atoms with Crippen molar-refractivity contribution in [3.05, 3.63) is 59.7 Å². The topological polar surface area (TPSA) is 116 Å². The maximum absolute atomic E-state index is 13.0. The second-order valence-corrected chi connectivity index (χ2v) is 9.90. The van der Waals surface area contributed by atoms with E-state index in [0.717, 1.165) is 35.1 Å². The Morgan fingerprint density at radius 3 is 2.20 bits per heavy atom. The van der Waals surface area contributed by atoms with Gasteiger partial charge in [0.2, 0.25) is 5.91 Å². The number of likely N-dealkylation sites (tertiary alicyclic amines) is 1. The van der Waals surface area contributed by atoms with E-state index >= 15 is 0 Å². The Morgan fingerprint density at radius 1 is 1.00 bits per heavy atom. The zero-order chi connectivity index (χ0) is 24.6. The number of β-amino-alcohol motifs (C(OH)–C–C–N with tert-alkyl or cyclic N) is 1. The van der Waals surface area contributed by atoms with Crippen LogP contribution in [0.15, 0.2) is 48.5 Å². The molecular weight excluding hydrogens is 448 g/mol. The first kappa shape index (κ1) is 23.4. The fourth-order valence-electron chi connectivity index (χ4n) is 5.96. The number of aliphatic hydroxyl groups is 1. The molecule has 0 bridgehead atoms. The van der Waals surface area contributed by atoms with Crippen LogP contribution in [0.3, 0.4) is 0 Å². The van der Waals surface area contributed by atoms with E-state index in [1.54, 1.807) is 0 Å². The predicted molar refractivity (Wildman–Crippen MR) is 128 cm³/mol. The maximum atomic E-state index is 13.0. The average Bonchev–Trinajstić information content (AvgIpc) is 3.54. The van der Waals surface area contributed by atoms with E-state index in [0.29, 0.717) is 12.8 Å². The van der Waals surface area contributed by atoms with E-state index < -0.39 is 29.7 Å². The standard InChI is InChI=1S/C27H30N2O6/c30-17-13-23(25(32)33)29(15-17)24(31)14-27(11-5-6-12-27)28-26(34)35-16-22-20-9-3-1-7-18(20)19-8-2-4-10-21(19)22/h1-4,7-10,17,22-23,30H,5-6,11-16H2,(H,28,34)(H,32,33). The van der Waals surface area contributed by atoms with E-state index in [1.807, 2.05) is 24.3 Å². The number of ether oxygens (including phenoxy) is 1. The zero-order valence-corrected chi connectivity index (χ0v) is 19.5. The number of rotatable bonds is 6. The molecule has 1 heterocycles. The first-order valence-electron chi connectivity index (χ1n) is 12.2. The average molecular weight is 479 g/mol. The molecule has 1 saturated heterocycles. The highest BCUT2D eigenvalue weighted by molar-refractivity contribution is 5.85. The van der Waals surface area contributed by atoms with Crippen molar-refractivity contribution in [1.82, 2.24) is 10.2 Å². The number of benzene rings is 2. The molecular formula is C27H30N2O6. The number of hydrogen-bond donors (Lipinski definition) is 3. The quantitative estimate of drug-likeness (QED) is 0.587. The molecule has 5 rings (SSSR count). The summed E-state index contributed by atoms with van der Waals surface area (Å²) >= 11 is 0. The number of aliphatic carboxylic acids is 1. The SMILES string of the molecule is O=C(NC1(CC(=O)N2CC(O)CC2C(=O)O)CCCC1)OCC1c2ccccc2-c2ccccc21. The molecule has 184 valence electrons. The predicted octanol–water partition coefficient (Wildman–Crippen LogP) is 3.27. The Hall–Kier alpha value is -3.39. The number of nitrogens with one attached hydrogen (secondary N) is 1. The van der Waals surface area contributed by atoms with Crippen LogP contribution in [-0.2, 0) is 14.3 Å². The van der Waals surface area contributed by atoms with Crippen LogP contribution in [0.5, 0.6) is 0 Å². The van der Waals surface area contributed by atoms with E-state index in [9.17, 15) is 24.6 Å². The van der Waals surface area contributed by atoms with Crippen molar-refractivity contribution in [3.8, 4) is 11.1 Å². The summed E-state index contributed by atoms with van der Waals surface area (Å²) in [6.45, 7) is 0.181. The largest absolute Gasteiger partial charge is 0.480 e.